The van der Waals surface area contributed by atoms with E-state index in [1.54, 1.807) is 0 Å². The van der Waals surface area contributed by atoms with Crippen LogP contribution in [0.3, 0.4) is 0 Å². The van der Waals surface area contributed by atoms with Gasteiger partial charge in [-0.15, -0.1) is 0 Å². The van der Waals surface area contributed by atoms with E-state index in [1.807, 2.05) is 66.7 Å². The molecule has 0 aliphatic rings. The van der Waals surface area contributed by atoms with Gasteiger partial charge in [0.25, 0.3) is 0 Å². The summed E-state index contributed by atoms with van der Waals surface area (Å²) in [5.41, 5.74) is 14.5. The first-order valence-electron chi connectivity index (χ1n) is 18.1. The normalized spacial score (nSPS) is 11.0. The van der Waals surface area contributed by atoms with E-state index >= 15 is 0 Å². The Bertz CT molecular complexity index is 2420. The van der Waals surface area contributed by atoms with Crippen molar-refractivity contribution in [1.82, 2.24) is 19.9 Å². The zero-order chi connectivity index (χ0) is 36.1. The molecule has 0 fully saturated rings. The van der Waals surface area contributed by atoms with Crippen LogP contribution in [0.5, 0.6) is 0 Å². The highest BCUT2D eigenvalue weighted by atomic mass is 14.9. The van der Waals surface area contributed by atoms with Crippen molar-refractivity contribution < 1.29 is 0 Å². The summed E-state index contributed by atoms with van der Waals surface area (Å²) < 4.78 is 0. The molecule has 4 nitrogen and oxygen atoms in total. The Morgan fingerprint density at radius 1 is 0.185 bits per heavy atom. The number of hydrogen-bond acceptors (Lipinski definition) is 4. The van der Waals surface area contributed by atoms with Gasteiger partial charge in [-0.1, -0.05) is 158 Å². The largest absolute Gasteiger partial charge is 0.248 e. The van der Waals surface area contributed by atoms with E-state index in [-0.39, 0.29) is 0 Å². The van der Waals surface area contributed by atoms with E-state index < -0.39 is 0 Å². The molecule has 0 bridgehead atoms. The molecule has 0 aliphatic heterocycles. The van der Waals surface area contributed by atoms with Gasteiger partial charge in [0.15, 0.2) is 5.82 Å². The Labute approximate surface area is 315 Å². The van der Waals surface area contributed by atoms with Gasteiger partial charge in [0.2, 0.25) is 0 Å². The van der Waals surface area contributed by atoms with E-state index in [0.29, 0.717) is 5.82 Å². The molecular weight excluding hydrogens is 657 g/mol. The summed E-state index contributed by atoms with van der Waals surface area (Å²) in [4.78, 5) is 20.6. The molecule has 0 spiro atoms. The molecule has 54 heavy (non-hydrogen) atoms. The van der Waals surface area contributed by atoms with Crippen molar-refractivity contribution in [2.75, 3.05) is 0 Å². The number of aromatic nitrogens is 4. The third-order valence-electron chi connectivity index (χ3n) is 9.47. The average Bonchev–Trinajstić information content (AvgIpc) is 3.27. The van der Waals surface area contributed by atoms with Crippen LogP contribution < -0.4 is 0 Å². The maximum atomic E-state index is 5.22. The van der Waals surface area contributed by atoms with Gasteiger partial charge in [-0.3, -0.25) is 0 Å². The van der Waals surface area contributed by atoms with Crippen LogP contribution in [-0.4, -0.2) is 19.9 Å². The SMILES string of the molecule is c1ccc(-c2cccc(-c3cc(-c4cc(-c5ccccc5)nc(-c5ccccc5)c4)cc(-c4cc(-c5ccccc5)nc(-c5ccccc5)n4)c3)n2)cc1. The summed E-state index contributed by atoms with van der Waals surface area (Å²) in [6.07, 6.45) is 0. The van der Waals surface area contributed by atoms with E-state index in [4.69, 9.17) is 19.9 Å². The summed E-state index contributed by atoms with van der Waals surface area (Å²) in [5.74, 6) is 0.671. The Morgan fingerprint density at radius 3 is 0.981 bits per heavy atom. The number of pyridine rings is 2. The summed E-state index contributed by atoms with van der Waals surface area (Å²) in [6, 6.07) is 70.9. The second kappa shape index (κ2) is 14.7. The van der Waals surface area contributed by atoms with Crippen LogP contribution in [0.4, 0.5) is 0 Å². The average molecular weight is 691 g/mol. The zero-order valence-electron chi connectivity index (χ0n) is 29.4. The molecule has 0 amide bonds. The Kier molecular flexibility index (Phi) is 8.90. The molecule has 4 heteroatoms. The first-order chi connectivity index (χ1) is 26.7. The minimum atomic E-state index is 0.671. The molecular formula is C50H34N4. The number of benzene rings is 6. The van der Waals surface area contributed by atoms with E-state index in [2.05, 4.69) is 140 Å². The third-order valence-corrected chi connectivity index (χ3v) is 9.47. The summed E-state index contributed by atoms with van der Waals surface area (Å²) >= 11 is 0. The van der Waals surface area contributed by atoms with E-state index in [0.717, 1.165) is 84.2 Å². The minimum absolute atomic E-state index is 0.671. The van der Waals surface area contributed by atoms with Crippen LogP contribution in [0.25, 0.3) is 90.1 Å². The van der Waals surface area contributed by atoms with E-state index in [9.17, 15) is 0 Å². The molecule has 0 unspecified atom stereocenters. The molecule has 9 aromatic rings. The lowest BCUT2D eigenvalue weighted by Crippen LogP contribution is -1.97. The Hall–Kier alpha value is -7.30. The van der Waals surface area contributed by atoms with Crippen molar-refractivity contribution >= 4 is 0 Å². The topological polar surface area (TPSA) is 51.6 Å². The highest BCUT2D eigenvalue weighted by molar-refractivity contribution is 5.84. The lowest BCUT2D eigenvalue weighted by atomic mass is 9.94. The molecule has 0 saturated carbocycles. The van der Waals surface area contributed by atoms with Gasteiger partial charge in [-0.25, -0.2) is 19.9 Å². The highest BCUT2D eigenvalue weighted by Crippen LogP contribution is 2.37. The maximum Gasteiger partial charge on any atom is 0.160 e. The molecule has 0 radical (unpaired) electrons. The smallest absolute Gasteiger partial charge is 0.160 e. The van der Waals surface area contributed by atoms with Crippen molar-refractivity contribution in [2.45, 2.75) is 0 Å². The van der Waals surface area contributed by atoms with Crippen LogP contribution in [0.2, 0.25) is 0 Å². The molecule has 0 aliphatic carbocycles. The van der Waals surface area contributed by atoms with Gasteiger partial charge < -0.3 is 0 Å². The van der Waals surface area contributed by atoms with Crippen molar-refractivity contribution in [1.29, 1.82) is 0 Å². The standard InChI is InChI=1S/C50H34N4/c1-6-17-35(18-7-1)44-27-16-28-45(51-44)42-29-40(41-32-46(36-19-8-2-9-20-36)52-47(33-41)37-21-10-3-11-22-37)30-43(31-42)49-34-48(38-23-12-4-13-24-38)53-50(54-49)39-25-14-5-15-26-39/h1-34H. The second-order valence-electron chi connectivity index (χ2n) is 13.1. The maximum absolute atomic E-state index is 5.22. The fourth-order valence-corrected chi connectivity index (χ4v) is 6.73. The second-order valence-corrected chi connectivity index (χ2v) is 13.1. The van der Waals surface area contributed by atoms with Crippen molar-refractivity contribution in [3.63, 3.8) is 0 Å². The molecule has 3 aromatic heterocycles. The lowest BCUT2D eigenvalue weighted by Gasteiger charge is -2.15. The van der Waals surface area contributed by atoms with Crippen LogP contribution >= 0.6 is 0 Å². The van der Waals surface area contributed by atoms with Crippen LogP contribution in [0, 0.1) is 0 Å². The molecule has 0 atom stereocenters. The fraction of sp³-hybridized carbons (Fsp3) is 0. The molecule has 0 N–H and O–H groups in total. The molecule has 0 saturated heterocycles. The van der Waals surface area contributed by atoms with Crippen LogP contribution in [-0.2, 0) is 0 Å². The first kappa shape index (κ1) is 32.6. The minimum Gasteiger partial charge on any atom is -0.248 e. The van der Waals surface area contributed by atoms with Gasteiger partial charge >= 0.3 is 0 Å². The van der Waals surface area contributed by atoms with Gasteiger partial charge in [0, 0.05) is 38.9 Å². The van der Waals surface area contributed by atoms with Crippen molar-refractivity contribution in [2.24, 2.45) is 0 Å². The summed E-state index contributed by atoms with van der Waals surface area (Å²) in [7, 11) is 0. The van der Waals surface area contributed by atoms with Gasteiger partial charge in [-0.05, 0) is 59.7 Å². The van der Waals surface area contributed by atoms with Crippen molar-refractivity contribution in [3.05, 3.63) is 206 Å². The Morgan fingerprint density at radius 2 is 0.500 bits per heavy atom. The lowest BCUT2D eigenvalue weighted by molar-refractivity contribution is 1.18. The van der Waals surface area contributed by atoms with Gasteiger partial charge in [0.05, 0.1) is 34.2 Å². The van der Waals surface area contributed by atoms with Gasteiger partial charge in [-0.2, -0.15) is 0 Å². The van der Waals surface area contributed by atoms with Gasteiger partial charge in [0.1, 0.15) is 0 Å². The van der Waals surface area contributed by atoms with E-state index in [1.165, 1.54) is 0 Å². The first-order valence-corrected chi connectivity index (χ1v) is 18.1. The Balaban J connectivity index is 1.28. The molecule has 254 valence electrons. The summed E-state index contributed by atoms with van der Waals surface area (Å²) in [6.45, 7) is 0. The fourth-order valence-electron chi connectivity index (χ4n) is 6.73. The van der Waals surface area contributed by atoms with Crippen LogP contribution in [0.15, 0.2) is 206 Å². The molecule has 9 rings (SSSR count). The summed E-state index contributed by atoms with van der Waals surface area (Å²) in [5, 5.41) is 0. The predicted molar refractivity (Wildman–Crippen MR) is 221 cm³/mol. The number of rotatable bonds is 8. The zero-order valence-corrected chi connectivity index (χ0v) is 29.4. The van der Waals surface area contributed by atoms with Crippen LogP contribution in [0.1, 0.15) is 0 Å². The monoisotopic (exact) mass is 690 g/mol. The third kappa shape index (κ3) is 6.97. The number of hydrogen-bond donors (Lipinski definition) is 0. The van der Waals surface area contributed by atoms with Crippen molar-refractivity contribution in [3.8, 4) is 90.1 Å². The highest BCUT2D eigenvalue weighted by Gasteiger charge is 2.16. The quantitative estimate of drug-likeness (QED) is 0.159. The predicted octanol–water partition coefficient (Wildman–Crippen LogP) is 12.6. The number of nitrogens with zero attached hydrogens (tertiary/aromatic N) is 4. The molecule has 3 heterocycles. The molecule has 6 aromatic carbocycles.